The maximum atomic E-state index is 12.3. The quantitative estimate of drug-likeness (QED) is 0.286. The van der Waals surface area contributed by atoms with Gasteiger partial charge in [-0.1, -0.05) is 29.8 Å². The molecular weight excluding hydrogens is 370 g/mol. The zero-order valence-electron chi connectivity index (χ0n) is 15.8. The van der Waals surface area contributed by atoms with Crippen LogP contribution in [0.3, 0.4) is 0 Å². The first kappa shape index (κ1) is 19.6. The van der Waals surface area contributed by atoms with Crippen molar-refractivity contribution < 1.29 is 14.1 Å². The molecule has 0 unspecified atom stereocenters. The van der Waals surface area contributed by atoms with Crippen LogP contribution in [0.25, 0.3) is 17.4 Å². The predicted molar refractivity (Wildman–Crippen MR) is 109 cm³/mol. The normalized spacial score (nSPS) is 11.0. The van der Waals surface area contributed by atoms with Gasteiger partial charge in [-0.3, -0.25) is 14.9 Å². The molecule has 7 heteroatoms. The fraction of sp³-hybridized carbons (Fsp3) is 0.0909. The molecule has 29 heavy (non-hydrogen) atoms. The van der Waals surface area contributed by atoms with Crippen LogP contribution in [0.1, 0.15) is 16.9 Å². The van der Waals surface area contributed by atoms with Gasteiger partial charge in [-0.15, -0.1) is 0 Å². The number of amides is 1. The molecule has 1 aromatic heterocycles. The number of hydrogen-bond donors (Lipinski definition) is 1. The van der Waals surface area contributed by atoms with Crippen LogP contribution >= 0.6 is 0 Å². The summed E-state index contributed by atoms with van der Waals surface area (Å²) < 4.78 is 5.66. The predicted octanol–water partition coefficient (Wildman–Crippen LogP) is 5.02. The number of furan rings is 1. The number of aryl methyl sites for hydroxylation is 2. The van der Waals surface area contributed by atoms with E-state index in [0.717, 1.165) is 5.56 Å². The average Bonchev–Trinajstić information content (AvgIpc) is 3.16. The average molecular weight is 387 g/mol. The SMILES string of the molecule is Cc1ccc(NC(=O)C(C#N)=Cc2ccc(-c3ccc(C)c([N+](=O)[O-])c3)o2)cc1. The summed E-state index contributed by atoms with van der Waals surface area (Å²) in [5.74, 6) is 0.134. The number of carbonyl (C=O) groups is 1. The second-order valence-electron chi connectivity index (χ2n) is 6.45. The molecule has 1 N–H and O–H groups in total. The van der Waals surface area contributed by atoms with Crippen molar-refractivity contribution >= 4 is 23.4 Å². The van der Waals surface area contributed by atoms with Gasteiger partial charge < -0.3 is 9.73 Å². The Morgan fingerprint density at radius 3 is 2.52 bits per heavy atom. The van der Waals surface area contributed by atoms with Gasteiger partial charge >= 0.3 is 0 Å². The molecule has 0 saturated heterocycles. The summed E-state index contributed by atoms with van der Waals surface area (Å²) in [5.41, 5.74) is 2.58. The molecule has 7 nitrogen and oxygen atoms in total. The number of nitrogens with zero attached hydrogens (tertiary/aromatic N) is 2. The van der Waals surface area contributed by atoms with E-state index >= 15 is 0 Å². The Morgan fingerprint density at radius 2 is 1.86 bits per heavy atom. The molecule has 0 bridgehead atoms. The number of benzene rings is 2. The van der Waals surface area contributed by atoms with Crippen LogP contribution in [0, 0.1) is 35.3 Å². The number of nitriles is 1. The summed E-state index contributed by atoms with van der Waals surface area (Å²) in [6.45, 7) is 3.59. The van der Waals surface area contributed by atoms with Crippen LogP contribution in [0.2, 0.25) is 0 Å². The van der Waals surface area contributed by atoms with Crippen molar-refractivity contribution in [1.29, 1.82) is 5.26 Å². The molecule has 0 radical (unpaired) electrons. The minimum atomic E-state index is -0.555. The van der Waals surface area contributed by atoms with E-state index in [1.807, 2.05) is 25.1 Å². The maximum Gasteiger partial charge on any atom is 0.273 e. The van der Waals surface area contributed by atoms with Crippen molar-refractivity contribution in [2.75, 3.05) is 5.32 Å². The minimum absolute atomic E-state index is 0.00817. The first-order valence-electron chi connectivity index (χ1n) is 8.72. The zero-order chi connectivity index (χ0) is 21.0. The van der Waals surface area contributed by atoms with Gasteiger partial charge in [0.05, 0.1) is 4.92 Å². The summed E-state index contributed by atoms with van der Waals surface area (Å²) in [7, 11) is 0. The van der Waals surface area contributed by atoms with Crippen LogP contribution in [0.15, 0.2) is 64.6 Å². The largest absolute Gasteiger partial charge is 0.457 e. The number of hydrogen-bond acceptors (Lipinski definition) is 5. The topological polar surface area (TPSA) is 109 Å². The van der Waals surface area contributed by atoms with Crippen molar-refractivity contribution in [3.8, 4) is 17.4 Å². The Hall–Kier alpha value is -4.18. The van der Waals surface area contributed by atoms with E-state index in [9.17, 15) is 20.2 Å². The molecule has 0 saturated carbocycles. The van der Waals surface area contributed by atoms with Crippen molar-refractivity contribution in [1.82, 2.24) is 0 Å². The molecule has 3 rings (SSSR count). The van der Waals surface area contributed by atoms with Gasteiger partial charge in [0.15, 0.2) is 0 Å². The highest BCUT2D eigenvalue weighted by atomic mass is 16.6. The van der Waals surface area contributed by atoms with E-state index in [0.29, 0.717) is 28.3 Å². The number of carbonyl (C=O) groups excluding carboxylic acids is 1. The van der Waals surface area contributed by atoms with Gasteiger partial charge in [0.25, 0.3) is 11.6 Å². The fourth-order valence-electron chi connectivity index (χ4n) is 2.67. The summed E-state index contributed by atoms with van der Waals surface area (Å²) in [6.07, 6.45) is 1.33. The summed E-state index contributed by atoms with van der Waals surface area (Å²) in [4.78, 5) is 23.0. The van der Waals surface area contributed by atoms with Crippen molar-refractivity contribution in [2.45, 2.75) is 13.8 Å². The lowest BCUT2D eigenvalue weighted by Gasteiger charge is -2.04. The molecule has 0 spiro atoms. The Bertz CT molecular complexity index is 1150. The smallest absolute Gasteiger partial charge is 0.273 e. The first-order valence-corrected chi connectivity index (χ1v) is 8.72. The third-order valence-electron chi connectivity index (χ3n) is 4.28. The zero-order valence-corrected chi connectivity index (χ0v) is 15.8. The van der Waals surface area contributed by atoms with Crippen molar-refractivity contribution in [3.05, 3.63) is 87.2 Å². The van der Waals surface area contributed by atoms with Gasteiger partial charge in [0, 0.05) is 29.0 Å². The third-order valence-corrected chi connectivity index (χ3v) is 4.28. The lowest BCUT2D eigenvalue weighted by atomic mass is 10.1. The van der Waals surface area contributed by atoms with Crippen LogP contribution in [-0.4, -0.2) is 10.8 Å². The van der Waals surface area contributed by atoms with E-state index in [-0.39, 0.29) is 11.3 Å². The lowest BCUT2D eigenvalue weighted by molar-refractivity contribution is -0.385. The second-order valence-corrected chi connectivity index (χ2v) is 6.45. The van der Waals surface area contributed by atoms with Crippen LogP contribution in [0.4, 0.5) is 11.4 Å². The summed E-state index contributed by atoms with van der Waals surface area (Å²) in [5, 5.41) is 23.1. The Morgan fingerprint density at radius 1 is 1.14 bits per heavy atom. The van der Waals surface area contributed by atoms with Crippen LogP contribution in [0.5, 0.6) is 0 Å². The summed E-state index contributed by atoms with van der Waals surface area (Å²) >= 11 is 0. The number of anilines is 1. The van der Waals surface area contributed by atoms with E-state index in [1.165, 1.54) is 12.1 Å². The molecule has 0 aliphatic rings. The van der Waals surface area contributed by atoms with Gasteiger partial charge in [-0.2, -0.15) is 5.26 Å². The molecule has 0 fully saturated rings. The molecule has 0 aliphatic carbocycles. The van der Waals surface area contributed by atoms with E-state index < -0.39 is 10.8 Å². The monoisotopic (exact) mass is 387 g/mol. The lowest BCUT2D eigenvalue weighted by Crippen LogP contribution is -2.13. The third kappa shape index (κ3) is 4.57. The maximum absolute atomic E-state index is 12.3. The standard InChI is InChI=1S/C22H17N3O4/c1-14-3-7-18(8-4-14)24-22(26)17(13-23)11-19-9-10-21(29-19)16-6-5-15(2)20(12-16)25(27)28/h3-12H,1-2H3,(H,24,26). The summed E-state index contributed by atoms with van der Waals surface area (Å²) in [6, 6.07) is 17.1. The molecule has 3 aromatic rings. The molecule has 1 amide bonds. The van der Waals surface area contributed by atoms with E-state index in [4.69, 9.17) is 4.42 Å². The van der Waals surface area contributed by atoms with Crippen LogP contribution < -0.4 is 5.32 Å². The van der Waals surface area contributed by atoms with Gasteiger partial charge in [0.1, 0.15) is 23.2 Å². The van der Waals surface area contributed by atoms with Gasteiger partial charge in [-0.05, 0) is 38.1 Å². The Kier molecular flexibility index (Phi) is 5.56. The molecule has 1 heterocycles. The highest BCUT2D eigenvalue weighted by Gasteiger charge is 2.15. The molecule has 144 valence electrons. The minimum Gasteiger partial charge on any atom is -0.457 e. The van der Waals surface area contributed by atoms with E-state index in [2.05, 4.69) is 5.32 Å². The molecular formula is C22H17N3O4. The Balaban J connectivity index is 1.83. The molecule has 2 aromatic carbocycles. The number of rotatable bonds is 5. The van der Waals surface area contributed by atoms with Crippen LogP contribution in [-0.2, 0) is 4.79 Å². The Labute approximate surface area is 167 Å². The van der Waals surface area contributed by atoms with Gasteiger partial charge in [0.2, 0.25) is 0 Å². The number of nitro benzene ring substituents is 1. The number of nitro groups is 1. The van der Waals surface area contributed by atoms with Crippen molar-refractivity contribution in [2.24, 2.45) is 0 Å². The second kappa shape index (κ2) is 8.23. The molecule has 0 atom stereocenters. The highest BCUT2D eigenvalue weighted by molar-refractivity contribution is 6.09. The molecule has 0 aliphatic heterocycles. The highest BCUT2D eigenvalue weighted by Crippen LogP contribution is 2.28. The number of nitrogens with one attached hydrogen (secondary N) is 1. The fourth-order valence-corrected chi connectivity index (χ4v) is 2.67. The first-order chi connectivity index (χ1) is 13.9. The van der Waals surface area contributed by atoms with Gasteiger partial charge in [-0.25, -0.2) is 0 Å². The van der Waals surface area contributed by atoms with Crippen molar-refractivity contribution in [3.63, 3.8) is 0 Å². The van der Waals surface area contributed by atoms with E-state index in [1.54, 1.807) is 43.3 Å².